The summed E-state index contributed by atoms with van der Waals surface area (Å²) < 4.78 is 4.92. The van der Waals surface area contributed by atoms with Crippen molar-refractivity contribution in [2.24, 2.45) is 0 Å². The van der Waals surface area contributed by atoms with Crippen LogP contribution in [0.15, 0.2) is 30.3 Å². The number of nitrogens with zero attached hydrogens (tertiary/aromatic N) is 1. The molecule has 4 nitrogen and oxygen atoms in total. The largest absolute Gasteiger partial charge is 0.452 e. The van der Waals surface area contributed by atoms with Gasteiger partial charge in [0.2, 0.25) is 0 Å². The second-order valence-corrected chi connectivity index (χ2v) is 6.13. The number of benzene rings is 1. The maximum atomic E-state index is 12.1. The van der Waals surface area contributed by atoms with Crippen molar-refractivity contribution in [3.63, 3.8) is 0 Å². The molecule has 1 aromatic rings. The van der Waals surface area contributed by atoms with Crippen molar-refractivity contribution in [2.75, 3.05) is 13.1 Å². The fourth-order valence-electron chi connectivity index (χ4n) is 2.24. The van der Waals surface area contributed by atoms with Crippen LogP contribution in [0, 0.1) is 0 Å². The van der Waals surface area contributed by atoms with Crippen LogP contribution in [0.25, 0.3) is 0 Å². The topological polar surface area (TPSA) is 46.6 Å². The first-order valence-electron chi connectivity index (χ1n) is 6.78. The van der Waals surface area contributed by atoms with Crippen molar-refractivity contribution in [3.05, 3.63) is 35.9 Å². The zero-order chi connectivity index (χ0) is 14.5. The molecule has 0 N–H and O–H groups in total. The number of ether oxygens (including phenoxy) is 1. The van der Waals surface area contributed by atoms with Gasteiger partial charge in [-0.15, -0.1) is 0 Å². The monoisotopic (exact) mass is 387 g/mol. The Bertz CT molecular complexity index is 471. The number of hydrogen-bond acceptors (Lipinski definition) is 3. The van der Waals surface area contributed by atoms with Gasteiger partial charge in [0, 0.05) is 13.1 Å². The minimum Gasteiger partial charge on any atom is -0.452 e. The molecule has 5 heteroatoms. The van der Waals surface area contributed by atoms with E-state index < -0.39 is 6.10 Å². The third-order valence-electron chi connectivity index (χ3n) is 3.36. The molecule has 1 unspecified atom stereocenters. The van der Waals surface area contributed by atoms with Gasteiger partial charge in [0.05, 0.1) is 0 Å². The highest BCUT2D eigenvalue weighted by Gasteiger charge is 2.28. The molecule has 1 fully saturated rings. The zero-order valence-electron chi connectivity index (χ0n) is 11.4. The Labute approximate surface area is 132 Å². The summed E-state index contributed by atoms with van der Waals surface area (Å²) in [6.45, 7) is 3.19. The van der Waals surface area contributed by atoms with Gasteiger partial charge in [-0.2, -0.15) is 0 Å². The Morgan fingerprint density at radius 2 is 1.80 bits per heavy atom. The minimum atomic E-state index is -0.707. The molecule has 1 saturated heterocycles. The van der Waals surface area contributed by atoms with Gasteiger partial charge in [-0.1, -0.05) is 52.9 Å². The number of alkyl halides is 1. The van der Waals surface area contributed by atoms with Crippen molar-refractivity contribution in [2.45, 2.75) is 29.8 Å². The van der Waals surface area contributed by atoms with Crippen molar-refractivity contribution in [1.29, 1.82) is 0 Å². The molecule has 1 aliphatic rings. The van der Waals surface area contributed by atoms with Crippen molar-refractivity contribution >= 4 is 34.5 Å². The molecule has 0 bridgehead atoms. The number of hydrogen-bond donors (Lipinski definition) is 0. The van der Waals surface area contributed by atoms with Crippen LogP contribution in [0.4, 0.5) is 0 Å². The van der Waals surface area contributed by atoms with E-state index in [0.29, 0.717) is 0 Å². The van der Waals surface area contributed by atoms with Crippen LogP contribution in [0.1, 0.15) is 29.3 Å². The molecular weight excluding hydrogens is 369 g/mol. The van der Waals surface area contributed by atoms with Gasteiger partial charge < -0.3 is 9.64 Å². The number of esters is 1. The van der Waals surface area contributed by atoms with E-state index in [-0.39, 0.29) is 15.8 Å². The fourth-order valence-corrected chi connectivity index (χ4v) is 2.80. The smallest absolute Gasteiger partial charge is 0.324 e. The minimum absolute atomic E-state index is 0.0903. The predicted octanol–water partition coefficient (Wildman–Crippen LogP) is 2.72. The van der Waals surface area contributed by atoms with Crippen LogP contribution < -0.4 is 0 Å². The molecule has 0 aromatic heterocycles. The highest BCUT2D eigenvalue weighted by atomic mass is 127. The lowest BCUT2D eigenvalue weighted by Gasteiger charge is -2.21. The predicted molar refractivity (Wildman–Crippen MR) is 84.6 cm³/mol. The quantitative estimate of drug-likeness (QED) is 0.454. The molecule has 0 aliphatic carbocycles. The summed E-state index contributed by atoms with van der Waals surface area (Å²) in [6, 6.07) is 9.43. The molecule has 2 atom stereocenters. The number of likely N-dealkylation sites (tertiary alicyclic amines) is 1. The number of halogens is 1. The highest BCUT2D eigenvalue weighted by Crippen LogP contribution is 2.25. The highest BCUT2D eigenvalue weighted by molar-refractivity contribution is 14.1. The van der Waals surface area contributed by atoms with E-state index in [1.807, 2.05) is 52.9 Å². The Morgan fingerprint density at radius 3 is 2.40 bits per heavy atom. The summed E-state index contributed by atoms with van der Waals surface area (Å²) in [5, 5.41) is 0. The van der Waals surface area contributed by atoms with E-state index in [2.05, 4.69) is 0 Å². The molecule has 0 saturated carbocycles. The number of carbonyl (C=O) groups is 2. The van der Waals surface area contributed by atoms with Crippen LogP contribution in [-0.4, -0.2) is 36.0 Å². The molecule has 108 valence electrons. The lowest BCUT2D eigenvalue weighted by Crippen LogP contribution is -2.38. The third kappa shape index (κ3) is 3.71. The van der Waals surface area contributed by atoms with Crippen LogP contribution in [0.2, 0.25) is 0 Å². The van der Waals surface area contributed by atoms with Crippen LogP contribution >= 0.6 is 22.6 Å². The SMILES string of the molecule is C[C@H](OC(=O)C(I)c1ccccc1)C(=O)N1CCCC1. The summed E-state index contributed by atoms with van der Waals surface area (Å²) in [5.74, 6) is -0.454. The summed E-state index contributed by atoms with van der Waals surface area (Å²) in [7, 11) is 0. The van der Waals surface area contributed by atoms with Gasteiger partial charge in [0.25, 0.3) is 5.91 Å². The molecule has 0 radical (unpaired) electrons. The first-order valence-corrected chi connectivity index (χ1v) is 8.02. The Balaban J connectivity index is 1.91. The van der Waals surface area contributed by atoms with Crippen molar-refractivity contribution < 1.29 is 14.3 Å². The molecule has 1 heterocycles. The van der Waals surface area contributed by atoms with Gasteiger partial charge in [0.1, 0.15) is 3.92 Å². The lowest BCUT2D eigenvalue weighted by atomic mass is 10.1. The standard InChI is InChI=1S/C15H18INO3/c1-11(14(18)17-9-5-6-10-17)20-15(19)13(16)12-7-3-2-4-8-12/h2-4,7-8,11,13H,5-6,9-10H2,1H3/t11-,13?/m0/s1. The van der Waals surface area contributed by atoms with Crippen molar-refractivity contribution in [3.8, 4) is 0 Å². The molecule has 1 aliphatic heterocycles. The molecule has 20 heavy (non-hydrogen) atoms. The zero-order valence-corrected chi connectivity index (χ0v) is 13.6. The van der Waals surface area contributed by atoms with Gasteiger partial charge in [0.15, 0.2) is 6.10 Å². The van der Waals surface area contributed by atoms with Crippen LogP contribution in [0.5, 0.6) is 0 Å². The van der Waals surface area contributed by atoms with Gasteiger partial charge in [-0.3, -0.25) is 9.59 Å². The molecule has 2 rings (SSSR count). The Hall–Kier alpha value is -1.11. The maximum absolute atomic E-state index is 12.1. The lowest BCUT2D eigenvalue weighted by molar-refractivity contribution is -0.158. The maximum Gasteiger partial charge on any atom is 0.324 e. The average Bonchev–Trinajstić information content (AvgIpc) is 3.00. The molecular formula is C15H18INO3. The molecule has 0 spiro atoms. The summed E-state index contributed by atoms with van der Waals surface area (Å²) in [5.41, 5.74) is 0.888. The van der Waals surface area contributed by atoms with Crippen LogP contribution in [0.3, 0.4) is 0 Å². The van der Waals surface area contributed by atoms with E-state index in [1.165, 1.54) is 0 Å². The summed E-state index contributed by atoms with van der Waals surface area (Å²) >= 11 is 2.04. The Kier molecular flexibility index (Phi) is 5.39. The number of rotatable bonds is 4. The second-order valence-electron chi connectivity index (χ2n) is 4.88. The van der Waals surface area contributed by atoms with E-state index in [9.17, 15) is 9.59 Å². The summed E-state index contributed by atoms with van der Waals surface area (Å²) in [4.78, 5) is 25.9. The first kappa shape index (κ1) is 15.3. The van der Waals surface area contributed by atoms with E-state index in [0.717, 1.165) is 31.5 Å². The van der Waals surface area contributed by atoms with E-state index in [1.54, 1.807) is 11.8 Å². The molecule has 1 aromatic carbocycles. The average molecular weight is 387 g/mol. The van der Waals surface area contributed by atoms with Gasteiger partial charge >= 0.3 is 5.97 Å². The third-order valence-corrected chi connectivity index (χ3v) is 4.59. The second kappa shape index (κ2) is 7.06. The van der Waals surface area contributed by atoms with Crippen LogP contribution in [-0.2, 0) is 14.3 Å². The molecule has 1 amide bonds. The Morgan fingerprint density at radius 1 is 1.20 bits per heavy atom. The van der Waals surface area contributed by atoms with E-state index >= 15 is 0 Å². The number of amides is 1. The summed E-state index contributed by atoms with van der Waals surface area (Å²) in [6.07, 6.45) is 1.36. The van der Waals surface area contributed by atoms with E-state index in [4.69, 9.17) is 4.74 Å². The van der Waals surface area contributed by atoms with Crippen molar-refractivity contribution in [1.82, 2.24) is 4.90 Å². The number of carbonyl (C=O) groups excluding carboxylic acids is 2. The van der Waals surface area contributed by atoms with Gasteiger partial charge in [-0.25, -0.2) is 0 Å². The normalized spacial score (nSPS) is 17.6. The van der Waals surface area contributed by atoms with Gasteiger partial charge in [-0.05, 0) is 25.3 Å². The first-order chi connectivity index (χ1) is 9.59. The fraction of sp³-hybridized carbons (Fsp3) is 0.467.